The first-order valence-electron chi connectivity index (χ1n) is 12.1. The minimum absolute atomic E-state index is 0.0257. The number of hydrogen-bond acceptors (Lipinski definition) is 6. The zero-order chi connectivity index (χ0) is 26.6. The van der Waals surface area contributed by atoms with Gasteiger partial charge in [0.05, 0.1) is 6.42 Å². The van der Waals surface area contributed by atoms with Crippen LogP contribution < -0.4 is 10.6 Å². The third-order valence-electron chi connectivity index (χ3n) is 6.70. The summed E-state index contributed by atoms with van der Waals surface area (Å²) in [6, 6.07) is 8.16. The Hall–Kier alpha value is -2.67. The van der Waals surface area contributed by atoms with Gasteiger partial charge in [-0.05, 0) is 48.4 Å². The molecule has 0 radical (unpaired) electrons. The molecule has 37 heavy (non-hydrogen) atoms. The molecule has 2 aliphatic rings. The lowest BCUT2D eigenvalue weighted by molar-refractivity contribution is -0.138. The highest BCUT2D eigenvalue weighted by Crippen LogP contribution is 2.31. The van der Waals surface area contributed by atoms with Crippen molar-refractivity contribution >= 4 is 56.6 Å². The standard InChI is InChI=1S/C24H29ClN4O6S2/c25-17-8-4-9-18(14-17)26-24(33)28-11-12-29(37(34,35)21-10-5-13-36-21)23(28)22(32)27-19(15-20(30)31)16-6-2-1-3-7-16/h4-5,8-10,13-14,16,19,23H,1-3,6-7,11-12,15H2,(H,26,33)(H,27,32)(H,30,31). The number of urea groups is 1. The van der Waals surface area contributed by atoms with Crippen LogP contribution in [-0.4, -0.2) is 65.9 Å². The molecular weight excluding hydrogens is 540 g/mol. The third kappa shape index (κ3) is 6.43. The molecule has 2 atom stereocenters. The van der Waals surface area contributed by atoms with E-state index >= 15 is 0 Å². The highest BCUT2D eigenvalue weighted by Gasteiger charge is 2.47. The van der Waals surface area contributed by atoms with Crippen molar-refractivity contribution < 1.29 is 27.9 Å². The van der Waals surface area contributed by atoms with Crippen molar-refractivity contribution in [2.24, 2.45) is 5.92 Å². The number of benzene rings is 1. The van der Waals surface area contributed by atoms with E-state index in [2.05, 4.69) is 10.6 Å². The van der Waals surface area contributed by atoms with Gasteiger partial charge in [0.15, 0.2) is 6.17 Å². The first-order chi connectivity index (χ1) is 17.7. The van der Waals surface area contributed by atoms with E-state index in [1.807, 2.05) is 0 Å². The Morgan fingerprint density at radius 2 is 1.86 bits per heavy atom. The second-order valence-electron chi connectivity index (χ2n) is 9.17. The minimum atomic E-state index is -4.09. The fraction of sp³-hybridized carbons (Fsp3) is 0.458. The van der Waals surface area contributed by atoms with Crippen LogP contribution in [0.4, 0.5) is 10.5 Å². The number of carbonyl (C=O) groups excluding carboxylic acids is 2. The molecule has 0 spiro atoms. The van der Waals surface area contributed by atoms with Crippen LogP contribution in [-0.2, 0) is 19.6 Å². The number of aliphatic carboxylic acids is 1. The predicted octanol–water partition coefficient (Wildman–Crippen LogP) is 3.81. The molecule has 3 N–H and O–H groups in total. The van der Waals surface area contributed by atoms with E-state index in [1.54, 1.807) is 29.6 Å². The topological polar surface area (TPSA) is 136 Å². The maximum Gasteiger partial charge on any atom is 0.323 e. The molecule has 2 unspecified atom stereocenters. The number of carbonyl (C=O) groups is 3. The fourth-order valence-corrected chi connectivity index (χ4v) is 7.80. The summed E-state index contributed by atoms with van der Waals surface area (Å²) in [4.78, 5) is 39.7. The zero-order valence-electron chi connectivity index (χ0n) is 20.0. The van der Waals surface area contributed by atoms with Gasteiger partial charge in [0.2, 0.25) is 0 Å². The highest BCUT2D eigenvalue weighted by atomic mass is 35.5. The Balaban J connectivity index is 1.62. The minimum Gasteiger partial charge on any atom is -0.481 e. The molecule has 2 aromatic rings. The van der Waals surface area contributed by atoms with Crippen LogP contribution in [0.1, 0.15) is 38.5 Å². The average molecular weight is 569 g/mol. The van der Waals surface area contributed by atoms with Gasteiger partial charge in [-0.15, -0.1) is 11.3 Å². The van der Waals surface area contributed by atoms with Crippen LogP contribution in [0.3, 0.4) is 0 Å². The largest absolute Gasteiger partial charge is 0.481 e. The summed E-state index contributed by atoms with van der Waals surface area (Å²) in [6.07, 6.45) is 2.72. The van der Waals surface area contributed by atoms with Gasteiger partial charge in [-0.2, -0.15) is 4.31 Å². The Bertz CT molecular complexity index is 1230. The highest BCUT2D eigenvalue weighted by molar-refractivity contribution is 7.91. The summed E-state index contributed by atoms with van der Waals surface area (Å²) in [5, 5.41) is 17.0. The molecule has 1 aliphatic heterocycles. The van der Waals surface area contributed by atoms with Crippen molar-refractivity contribution in [3.05, 3.63) is 46.8 Å². The van der Waals surface area contributed by atoms with E-state index in [-0.39, 0.29) is 29.6 Å². The molecule has 1 aliphatic carbocycles. The molecule has 10 nitrogen and oxygen atoms in total. The molecule has 4 rings (SSSR count). The van der Waals surface area contributed by atoms with Crippen LogP contribution >= 0.6 is 22.9 Å². The van der Waals surface area contributed by atoms with Crippen LogP contribution in [0, 0.1) is 5.92 Å². The molecule has 200 valence electrons. The summed E-state index contributed by atoms with van der Waals surface area (Å²) < 4.78 is 27.9. The number of rotatable bonds is 8. The van der Waals surface area contributed by atoms with Crippen molar-refractivity contribution in [1.29, 1.82) is 0 Å². The quantitative estimate of drug-likeness (QED) is 0.443. The van der Waals surface area contributed by atoms with Crippen molar-refractivity contribution in [2.45, 2.75) is 54.9 Å². The molecule has 1 aromatic carbocycles. The number of anilines is 1. The Kier molecular flexibility index (Phi) is 8.73. The molecule has 1 saturated carbocycles. The normalized spacial score (nSPS) is 19.9. The number of amides is 3. The predicted molar refractivity (Wildman–Crippen MR) is 140 cm³/mol. The van der Waals surface area contributed by atoms with E-state index < -0.39 is 40.1 Å². The van der Waals surface area contributed by atoms with Crippen LogP contribution in [0.15, 0.2) is 46.0 Å². The second-order valence-corrected chi connectivity index (χ2v) is 12.7. The first-order valence-corrected chi connectivity index (χ1v) is 14.8. The van der Waals surface area contributed by atoms with Crippen LogP contribution in [0.5, 0.6) is 0 Å². The fourth-order valence-electron chi connectivity index (χ4n) is 4.95. The molecule has 2 fully saturated rings. The van der Waals surface area contributed by atoms with E-state index in [9.17, 15) is 27.9 Å². The van der Waals surface area contributed by atoms with Gasteiger partial charge in [0.25, 0.3) is 15.9 Å². The number of carboxylic acids is 1. The monoisotopic (exact) mass is 568 g/mol. The lowest BCUT2D eigenvalue weighted by atomic mass is 9.82. The van der Waals surface area contributed by atoms with Gasteiger partial charge in [0.1, 0.15) is 4.21 Å². The molecule has 3 amide bonds. The summed E-state index contributed by atoms with van der Waals surface area (Å²) >= 11 is 7.03. The molecule has 2 heterocycles. The smallest absolute Gasteiger partial charge is 0.323 e. The number of carboxylic acid groups (broad SMARTS) is 1. The summed E-state index contributed by atoms with van der Waals surface area (Å²) in [6.45, 7) is -0.115. The summed E-state index contributed by atoms with van der Waals surface area (Å²) in [7, 11) is -4.09. The maximum absolute atomic E-state index is 13.7. The summed E-state index contributed by atoms with van der Waals surface area (Å²) in [5.74, 6) is -1.82. The van der Waals surface area contributed by atoms with Gasteiger partial charge in [0, 0.05) is 29.8 Å². The Labute approximate surface area is 224 Å². The number of sulfonamides is 1. The number of nitrogens with zero attached hydrogens (tertiary/aromatic N) is 2. The SMILES string of the molecule is O=C(O)CC(NC(=O)C1N(C(=O)Nc2cccc(Cl)c2)CCN1S(=O)(=O)c1cccs1)C1CCCCC1. The van der Waals surface area contributed by atoms with Crippen molar-refractivity contribution in [3.8, 4) is 0 Å². The summed E-state index contributed by atoms with van der Waals surface area (Å²) in [5.41, 5.74) is 0.391. The molecular formula is C24H29ClN4O6S2. The second kappa shape index (κ2) is 11.8. The van der Waals surface area contributed by atoms with Crippen molar-refractivity contribution in [3.63, 3.8) is 0 Å². The van der Waals surface area contributed by atoms with Gasteiger partial charge < -0.3 is 15.7 Å². The van der Waals surface area contributed by atoms with E-state index in [0.717, 1.165) is 52.6 Å². The number of thiophene rings is 1. The van der Waals surface area contributed by atoms with Gasteiger partial charge in [-0.1, -0.05) is 43.0 Å². The van der Waals surface area contributed by atoms with Gasteiger partial charge in [-0.3, -0.25) is 14.5 Å². The van der Waals surface area contributed by atoms with E-state index in [4.69, 9.17) is 11.6 Å². The van der Waals surface area contributed by atoms with Crippen LogP contribution in [0.2, 0.25) is 5.02 Å². The average Bonchev–Trinajstić information content (AvgIpc) is 3.55. The number of hydrogen-bond donors (Lipinski definition) is 3. The molecule has 0 bridgehead atoms. The zero-order valence-corrected chi connectivity index (χ0v) is 22.4. The molecule has 1 saturated heterocycles. The van der Waals surface area contributed by atoms with E-state index in [1.165, 1.54) is 12.1 Å². The number of halogens is 1. The molecule has 13 heteroatoms. The van der Waals surface area contributed by atoms with Crippen LogP contribution in [0.25, 0.3) is 0 Å². The van der Waals surface area contributed by atoms with Gasteiger partial charge in [-0.25, -0.2) is 13.2 Å². The van der Waals surface area contributed by atoms with Crippen molar-refractivity contribution in [2.75, 3.05) is 18.4 Å². The van der Waals surface area contributed by atoms with Gasteiger partial charge >= 0.3 is 12.0 Å². The first kappa shape index (κ1) is 27.4. The Morgan fingerprint density at radius 3 is 2.51 bits per heavy atom. The lowest BCUT2D eigenvalue weighted by Crippen LogP contribution is -2.57. The Morgan fingerprint density at radius 1 is 1.11 bits per heavy atom. The number of nitrogens with one attached hydrogen (secondary N) is 2. The maximum atomic E-state index is 13.7. The molecule has 1 aromatic heterocycles. The third-order valence-corrected chi connectivity index (χ3v) is 10.2. The van der Waals surface area contributed by atoms with E-state index in [0.29, 0.717) is 10.7 Å². The lowest BCUT2D eigenvalue weighted by Gasteiger charge is -2.33. The van der Waals surface area contributed by atoms with Crippen molar-refractivity contribution in [1.82, 2.24) is 14.5 Å².